The lowest BCUT2D eigenvalue weighted by Crippen LogP contribution is -2.47. The maximum absolute atomic E-state index is 12.2. The third-order valence-corrected chi connectivity index (χ3v) is 7.82. The van der Waals surface area contributed by atoms with Gasteiger partial charge in [0.2, 0.25) is 0 Å². The van der Waals surface area contributed by atoms with Crippen LogP contribution in [0, 0.1) is 0 Å². The minimum absolute atomic E-state index is 0.00550. The lowest BCUT2D eigenvalue weighted by atomic mass is 10.0. The maximum atomic E-state index is 12.2. The molecule has 0 saturated carbocycles. The number of ether oxygens (including phenoxy) is 1. The van der Waals surface area contributed by atoms with Crippen LogP contribution < -0.4 is 0 Å². The number of nitrogens with zero attached hydrogens (tertiary/aromatic N) is 1. The Bertz CT molecular complexity index is 528. The van der Waals surface area contributed by atoms with Crippen LogP contribution in [0.2, 0.25) is 0 Å². The normalized spacial score (nSPS) is 12.6. The van der Waals surface area contributed by atoms with Gasteiger partial charge in [0, 0.05) is 5.57 Å². The van der Waals surface area contributed by atoms with Gasteiger partial charge in [-0.15, -0.1) is 0 Å². The molecule has 0 aliphatic heterocycles. The molecule has 0 aromatic rings. The molecule has 1 atom stereocenters. The van der Waals surface area contributed by atoms with Gasteiger partial charge in [-0.1, -0.05) is 142 Å². The fraction of sp³-hybridized carbons (Fsp3) is 0.912. The summed E-state index contributed by atoms with van der Waals surface area (Å²) >= 11 is 0. The number of carbonyl (C=O) groups is 1. The van der Waals surface area contributed by atoms with Crippen molar-refractivity contribution in [1.29, 1.82) is 0 Å². The number of carbonyl (C=O) groups excluding carboxylic acids is 1. The molecule has 0 amide bonds. The van der Waals surface area contributed by atoms with E-state index in [4.69, 9.17) is 4.74 Å². The van der Waals surface area contributed by atoms with Gasteiger partial charge in [-0.05, 0) is 32.6 Å². The first-order valence-corrected chi connectivity index (χ1v) is 16.5. The second kappa shape index (κ2) is 25.4. The second-order valence-electron chi connectivity index (χ2n) is 12.5. The van der Waals surface area contributed by atoms with Crippen molar-refractivity contribution in [2.75, 3.05) is 27.2 Å². The van der Waals surface area contributed by atoms with Crippen LogP contribution in [0.5, 0.6) is 0 Å². The van der Waals surface area contributed by atoms with Crippen molar-refractivity contribution >= 4 is 5.97 Å². The second-order valence-corrected chi connectivity index (χ2v) is 12.5. The number of rotatable bonds is 28. The van der Waals surface area contributed by atoms with Gasteiger partial charge in [-0.2, -0.15) is 0 Å². The Morgan fingerprint density at radius 3 is 1.35 bits per heavy atom. The zero-order valence-corrected chi connectivity index (χ0v) is 26.2. The number of quaternary nitrogens is 1. The van der Waals surface area contributed by atoms with Crippen LogP contribution in [0.25, 0.3) is 0 Å². The standard InChI is InChI=1S/C34H68NO2/c1-7-9-11-13-15-17-18-19-20-21-22-24-26-28-30-35(5,6)31-33(37-34(36)32(3)4)29-27-25-23-16-14-12-10-8-2/h33H,3,7-31H2,1-2,4-6H3/q+1. The van der Waals surface area contributed by atoms with Gasteiger partial charge >= 0.3 is 5.97 Å². The van der Waals surface area contributed by atoms with E-state index in [1.807, 2.05) is 0 Å². The fourth-order valence-electron chi connectivity index (χ4n) is 5.32. The lowest BCUT2D eigenvalue weighted by Gasteiger charge is -2.33. The maximum Gasteiger partial charge on any atom is 0.333 e. The van der Waals surface area contributed by atoms with Gasteiger partial charge in [-0.3, -0.25) is 0 Å². The Kier molecular flexibility index (Phi) is 24.9. The molecule has 3 nitrogen and oxygen atoms in total. The first kappa shape index (κ1) is 36.2. The van der Waals surface area contributed by atoms with Gasteiger partial charge in [0.15, 0.2) is 6.10 Å². The van der Waals surface area contributed by atoms with Crippen LogP contribution in [0.15, 0.2) is 12.2 Å². The van der Waals surface area contributed by atoms with E-state index in [2.05, 4.69) is 34.5 Å². The van der Waals surface area contributed by atoms with Gasteiger partial charge < -0.3 is 9.22 Å². The topological polar surface area (TPSA) is 26.3 Å². The van der Waals surface area contributed by atoms with Crippen molar-refractivity contribution in [1.82, 2.24) is 0 Å². The van der Waals surface area contributed by atoms with Crippen molar-refractivity contribution in [2.45, 2.75) is 175 Å². The fourth-order valence-corrected chi connectivity index (χ4v) is 5.32. The molecule has 0 bridgehead atoms. The highest BCUT2D eigenvalue weighted by Gasteiger charge is 2.25. The molecule has 220 valence electrons. The predicted molar refractivity (Wildman–Crippen MR) is 164 cm³/mol. The average Bonchev–Trinajstić information content (AvgIpc) is 2.85. The van der Waals surface area contributed by atoms with Crippen molar-refractivity contribution in [3.05, 3.63) is 12.2 Å². The van der Waals surface area contributed by atoms with E-state index in [9.17, 15) is 4.79 Å². The minimum atomic E-state index is -0.221. The Labute approximate surface area is 233 Å². The Hall–Kier alpha value is -0.830. The molecular weight excluding hydrogens is 454 g/mol. The van der Waals surface area contributed by atoms with Crippen molar-refractivity contribution in [3.63, 3.8) is 0 Å². The first-order chi connectivity index (χ1) is 17.8. The molecule has 0 aliphatic carbocycles. The molecule has 0 rings (SSSR count). The molecule has 1 unspecified atom stereocenters. The van der Waals surface area contributed by atoms with Crippen LogP contribution in [0.4, 0.5) is 0 Å². The van der Waals surface area contributed by atoms with Crippen molar-refractivity contribution in [2.24, 2.45) is 0 Å². The predicted octanol–water partition coefficient (Wildman–Crippen LogP) is 10.6. The van der Waals surface area contributed by atoms with Crippen LogP contribution in [-0.4, -0.2) is 43.7 Å². The average molecular weight is 523 g/mol. The molecule has 0 aromatic carbocycles. The lowest BCUT2D eigenvalue weighted by molar-refractivity contribution is -0.893. The van der Waals surface area contributed by atoms with Gasteiger partial charge in [0.05, 0.1) is 20.6 Å². The summed E-state index contributed by atoms with van der Waals surface area (Å²) in [5, 5.41) is 0. The van der Waals surface area contributed by atoms with E-state index < -0.39 is 0 Å². The molecular formula is C34H68NO2+. The van der Waals surface area contributed by atoms with Gasteiger partial charge in [-0.25, -0.2) is 4.79 Å². The summed E-state index contributed by atoms with van der Waals surface area (Å²) in [4.78, 5) is 12.2. The summed E-state index contributed by atoms with van der Waals surface area (Å²) in [6.45, 7) is 12.2. The third-order valence-electron chi connectivity index (χ3n) is 7.82. The van der Waals surface area contributed by atoms with Crippen LogP contribution in [0.1, 0.15) is 168 Å². The third kappa shape index (κ3) is 25.2. The van der Waals surface area contributed by atoms with Crippen LogP contribution >= 0.6 is 0 Å². The largest absolute Gasteiger partial charge is 0.453 e. The van der Waals surface area contributed by atoms with Crippen LogP contribution in [0.3, 0.4) is 0 Å². The number of likely N-dealkylation sites (N-methyl/N-ethyl adjacent to an activating group) is 1. The zero-order chi connectivity index (χ0) is 27.6. The molecule has 0 saturated heterocycles. The highest BCUT2D eigenvalue weighted by Crippen LogP contribution is 2.17. The summed E-state index contributed by atoms with van der Waals surface area (Å²) in [7, 11) is 4.61. The highest BCUT2D eigenvalue weighted by atomic mass is 16.5. The molecule has 0 aliphatic rings. The summed E-state index contributed by atoms with van der Waals surface area (Å²) in [6, 6.07) is 0. The molecule has 37 heavy (non-hydrogen) atoms. The van der Waals surface area contributed by atoms with E-state index >= 15 is 0 Å². The summed E-state index contributed by atoms with van der Waals surface area (Å²) in [5.41, 5.74) is 0.512. The van der Waals surface area contributed by atoms with E-state index in [1.54, 1.807) is 6.92 Å². The summed E-state index contributed by atoms with van der Waals surface area (Å²) in [6.07, 6.45) is 31.0. The SMILES string of the molecule is C=C(C)C(=O)OC(CCCCCCCCCC)C[N+](C)(C)CCCCCCCCCCCCCCCC. The Balaban J connectivity index is 4.01. The molecule has 0 aromatic heterocycles. The van der Waals surface area contributed by atoms with Crippen LogP contribution in [-0.2, 0) is 9.53 Å². The first-order valence-electron chi connectivity index (χ1n) is 16.5. The van der Waals surface area contributed by atoms with E-state index in [0.29, 0.717) is 5.57 Å². The van der Waals surface area contributed by atoms with Gasteiger partial charge in [0.1, 0.15) is 6.54 Å². The number of hydrogen-bond donors (Lipinski definition) is 0. The Morgan fingerprint density at radius 2 is 0.973 bits per heavy atom. The summed E-state index contributed by atoms with van der Waals surface area (Å²) < 4.78 is 6.81. The van der Waals surface area contributed by atoms with Crippen molar-refractivity contribution in [3.8, 4) is 0 Å². The Morgan fingerprint density at radius 1 is 0.622 bits per heavy atom. The molecule has 0 heterocycles. The summed E-state index contributed by atoms with van der Waals surface area (Å²) in [5.74, 6) is -0.221. The molecule has 0 spiro atoms. The molecule has 0 radical (unpaired) electrons. The van der Waals surface area contributed by atoms with E-state index in [1.165, 1.54) is 135 Å². The van der Waals surface area contributed by atoms with Gasteiger partial charge in [0.25, 0.3) is 0 Å². The number of esters is 1. The zero-order valence-electron chi connectivity index (χ0n) is 26.2. The number of hydrogen-bond acceptors (Lipinski definition) is 2. The minimum Gasteiger partial charge on any atom is -0.453 e. The van der Waals surface area contributed by atoms with E-state index in [-0.39, 0.29) is 12.1 Å². The molecule has 0 N–H and O–H groups in total. The van der Waals surface area contributed by atoms with E-state index in [0.717, 1.165) is 30.4 Å². The highest BCUT2D eigenvalue weighted by molar-refractivity contribution is 5.87. The monoisotopic (exact) mass is 523 g/mol. The molecule has 0 fully saturated rings. The molecule has 3 heteroatoms. The quantitative estimate of drug-likeness (QED) is 0.0442. The number of unbranched alkanes of at least 4 members (excludes halogenated alkanes) is 20. The van der Waals surface area contributed by atoms with Crippen molar-refractivity contribution < 1.29 is 14.0 Å². The smallest absolute Gasteiger partial charge is 0.333 e.